The normalized spacial score (nSPS) is 32.6. The lowest BCUT2D eigenvalue weighted by molar-refractivity contribution is -0.131. The highest BCUT2D eigenvalue weighted by Gasteiger charge is 2.67. The third-order valence-electron chi connectivity index (χ3n) is 8.61. The summed E-state index contributed by atoms with van der Waals surface area (Å²) in [6.45, 7) is 1.60. The SMILES string of the molecule is C[C@@]12C(=O)N(c3ccc(F)c(Cl)c3)C(=O)[C@@H]1C[C@@H]1C(=CC[C@@H]3C(=O)NC(=O)[C@@H]31)[C@@H]2c1cccc(F)c1O. The van der Waals surface area contributed by atoms with Gasteiger partial charge in [0, 0.05) is 11.5 Å². The molecular formula is C27H21ClF2N2O5. The number of carbonyl (C=O) groups excluding carboxylic acids is 4. The van der Waals surface area contributed by atoms with Crippen molar-refractivity contribution in [3.8, 4) is 5.75 Å². The lowest BCUT2D eigenvalue weighted by Gasteiger charge is -2.49. The minimum Gasteiger partial charge on any atom is -0.505 e. The second kappa shape index (κ2) is 7.95. The molecule has 2 aliphatic carbocycles. The van der Waals surface area contributed by atoms with Crippen molar-refractivity contribution in [1.82, 2.24) is 5.32 Å². The molecule has 0 radical (unpaired) electrons. The van der Waals surface area contributed by atoms with E-state index in [-0.39, 0.29) is 35.0 Å². The van der Waals surface area contributed by atoms with Gasteiger partial charge in [0.25, 0.3) is 0 Å². The average Bonchev–Trinajstić information content (AvgIpc) is 3.25. The number of rotatable bonds is 2. The van der Waals surface area contributed by atoms with Crippen molar-refractivity contribution in [3.05, 3.63) is 70.3 Å². The summed E-state index contributed by atoms with van der Waals surface area (Å²) >= 11 is 5.94. The Hall–Kier alpha value is -3.59. The number of phenols is 1. The highest BCUT2D eigenvalue weighted by molar-refractivity contribution is 6.31. The molecule has 4 amide bonds. The second-order valence-corrected chi connectivity index (χ2v) is 10.7. The van der Waals surface area contributed by atoms with Crippen LogP contribution in [-0.2, 0) is 19.2 Å². The van der Waals surface area contributed by atoms with E-state index in [1.54, 1.807) is 13.0 Å². The lowest BCUT2D eigenvalue weighted by Crippen LogP contribution is -2.48. The molecule has 2 aromatic rings. The van der Waals surface area contributed by atoms with Crippen LogP contribution in [0.4, 0.5) is 14.5 Å². The number of hydrogen-bond acceptors (Lipinski definition) is 5. The first-order valence-electron chi connectivity index (χ1n) is 11.9. The van der Waals surface area contributed by atoms with Gasteiger partial charge in [-0.05, 0) is 49.9 Å². The number of para-hydroxylation sites is 1. The Balaban J connectivity index is 1.56. The molecule has 190 valence electrons. The summed E-state index contributed by atoms with van der Waals surface area (Å²) in [5.74, 6) is -8.09. The second-order valence-electron chi connectivity index (χ2n) is 10.3. The number of nitrogens with zero attached hydrogens (tertiary/aromatic N) is 1. The summed E-state index contributed by atoms with van der Waals surface area (Å²) in [7, 11) is 0. The van der Waals surface area contributed by atoms with Gasteiger partial charge in [-0.15, -0.1) is 0 Å². The number of aromatic hydroxyl groups is 1. The number of allylic oxidation sites excluding steroid dienone is 2. The summed E-state index contributed by atoms with van der Waals surface area (Å²) in [4.78, 5) is 54.1. The molecule has 2 saturated heterocycles. The topological polar surface area (TPSA) is 104 Å². The van der Waals surface area contributed by atoms with Crippen LogP contribution in [0.1, 0.15) is 31.2 Å². The molecule has 0 bridgehead atoms. The van der Waals surface area contributed by atoms with Crippen molar-refractivity contribution in [3.63, 3.8) is 0 Å². The van der Waals surface area contributed by atoms with Gasteiger partial charge in [-0.2, -0.15) is 0 Å². The fraction of sp³-hybridized carbons (Fsp3) is 0.333. The van der Waals surface area contributed by atoms with E-state index in [0.717, 1.165) is 17.0 Å². The highest BCUT2D eigenvalue weighted by Crippen LogP contribution is 2.64. The number of halogens is 3. The molecule has 0 unspecified atom stereocenters. The average molecular weight is 527 g/mol. The number of nitrogens with one attached hydrogen (secondary N) is 1. The van der Waals surface area contributed by atoms with E-state index in [4.69, 9.17) is 11.6 Å². The number of amides is 4. The van der Waals surface area contributed by atoms with E-state index in [1.165, 1.54) is 24.3 Å². The van der Waals surface area contributed by atoms with Crippen LogP contribution >= 0.6 is 11.6 Å². The van der Waals surface area contributed by atoms with Crippen LogP contribution in [0, 0.1) is 40.7 Å². The van der Waals surface area contributed by atoms with Crippen LogP contribution in [0.3, 0.4) is 0 Å². The number of imide groups is 2. The number of hydrogen-bond donors (Lipinski definition) is 2. The lowest BCUT2D eigenvalue weighted by atomic mass is 9.51. The zero-order chi connectivity index (χ0) is 26.4. The first-order chi connectivity index (χ1) is 17.6. The molecule has 0 spiro atoms. The van der Waals surface area contributed by atoms with E-state index in [1.807, 2.05) is 0 Å². The van der Waals surface area contributed by atoms with E-state index in [2.05, 4.69) is 5.32 Å². The van der Waals surface area contributed by atoms with Gasteiger partial charge < -0.3 is 5.11 Å². The molecule has 37 heavy (non-hydrogen) atoms. The molecule has 6 atom stereocenters. The Labute approximate surface area is 215 Å². The Morgan fingerprint density at radius 1 is 1.05 bits per heavy atom. The Morgan fingerprint density at radius 2 is 1.81 bits per heavy atom. The number of carbonyl (C=O) groups is 4. The van der Waals surface area contributed by atoms with E-state index >= 15 is 0 Å². The Bertz CT molecular complexity index is 1460. The van der Waals surface area contributed by atoms with Crippen molar-refractivity contribution in [2.75, 3.05) is 4.90 Å². The zero-order valence-electron chi connectivity index (χ0n) is 19.5. The predicted octanol–water partition coefficient (Wildman–Crippen LogP) is 3.84. The van der Waals surface area contributed by atoms with Crippen molar-refractivity contribution in [2.24, 2.45) is 29.1 Å². The maximum atomic E-state index is 14.6. The van der Waals surface area contributed by atoms with Gasteiger partial charge in [-0.1, -0.05) is 35.4 Å². The van der Waals surface area contributed by atoms with E-state index in [9.17, 15) is 33.1 Å². The van der Waals surface area contributed by atoms with E-state index in [0.29, 0.717) is 5.57 Å². The summed E-state index contributed by atoms with van der Waals surface area (Å²) in [6, 6.07) is 7.51. The first kappa shape index (κ1) is 23.8. The van der Waals surface area contributed by atoms with Crippen LogP contribution in [0.5, 0.6) is 5.75 Å². The molecule has 0 aromatic heterocycles. The van der Waals surface area contributed by atoms with Gasteiger partial charge in [0.15, 0.2) is 11.6 Å². The minimum atomic E-state index is -1.46. The summed E-state index contributed by atoms with van der Waals surface area (Å²) < 4.78 is 28.4. The van der Waals surface area contributed by atoms with Crippen LogP contribution < -0.4 is 10.2 Å². The number of fused-ring (bicyclic) bond motifs is 4. The Morgan fingerprint density at radius 3 is 2.54 bits per heavy atom. The van der Waals surface area contributed by atoms with Crippen LogP contribution in [-0.4, -0.2) is 28.7 Å². The number of phenolic OH excluding ortho intramolecular Hbond substituents is 1. The summed E-state index contributed by atoms with van der Waals surface area (Å²) in [5.41, 5.74) is -0.641. The fourth-order valence-corrected chi connectivity index (χ4v) is 7.08. The van der Waals surface area contributed by atoms with Crippen molar-refractivity contribution < 1.29 is 33.1 Å². The number of anilines is 1. The molecule has 3 fully saturated rings. The van der Waals surface area contributed by atoms with Gasteiger partial charge >= 0.3 is 0 Å². The highest BCUT2D eigenvalue weighted by atomic mass is 35.5. The zero-order valence-corrected chi connectivity index (χ0v) is 20.3. The molecule has 2 aromatic carbocycles. The molecular weight excluding hydrogens is 506 g/mol. The number of benzene rings is 2. The van der Waals surface area contributed by atoms with Gasteiger partial charge in [0.05, 0.1) is 33.9 Å². The molecule has 6 rings (SSSR count). The summed E-state index contributed by atoms with van der Waals surface area (Å²) in [6.07, 6.45) is 2.13. The van der Waals surface area contributed by atoms with Crippen molar-refractivity contribution in [1.29, 1.82) is 0 Å². The Kier molecular flexibility index (Phi) is 5.11. The van der Waals surface area contributed by atoms with Crippen LogP contribution in [0.2, 0.25) is 5.02 Å². The molecule has 2 N–H and O–H groups in total. The minimum absolute atomic E-state index is 0.0860. The maximum absolute atomic E-state index is 14.6. The molecule has 2 heterocycles. The smallest absolute Gasteiger partial charge is 0.241 e. The molecule has 2 aliphatic heterocycles. The fourth-order valence-electron chi connectivity index (χ4n) is 6.91. The quantitative estimate of drug-likeness (QED) is 0.457. The maximum Gasteiger partial charge on any atom is 0.241 e. The van der Waals surface area contributed by atoms with Crippen LogP contribution in [0.15, 0.2) is 48.0 Å². The van der Waals surface area contributed by atoms with Gasteiger partial charge in [-0.3, -0.25) is 24.5 Å². The molecule has 1 saturated carbocycles. The standard InChI is InChI=1S/C27H21ClF2N2O5/c1-27-16(25(36)32(26(27)37)11-5-8-18(29)17(28)9-11)10-15-12(6-7-13-20(15)24(35)31-23(13)34)21(27)14-3-2-4-19(30)22(14)33/h2-6,8-9,13,15-16,20-21,33H,7,10H2,1H3,(H,31,34,35)/t13-,15+,16-,20-,21+,27+/m0/s1. The van der Waals surface area contributed by atoms with Crippen molar-refractivity contribution in [2.45, 2.75) is 25.7 Å². The third-order valence-corrected chi connectivity index (χ3v) is 8.90. The predicted molar refractivity (Wildman–Crippen MR) is 127 cm³/mol. The van der Waals surface area contributed by atoms with Gasteiger partial charge in [0.2, 0.25) is 23.6 Å². The van der Waals surface area contributed by atoms with Gasteiger partial charge in [-0.25, -0.2) is 13.7 Å². The monoisotopic (exact) mass is 526 g/mol. The summed E-state index contributed by atoms with van der Waals surface area (Å²) in [5, 5.41) is 12.9. The van der Waals surface area contributed by atoms with Crippen molar-refractivity contribution >= 4 is 40.9 Å². The van der Waals surface area contributed by atoms with Crippen LogP contribution in [0.25, 0.3) is 0 Å². The molecule has 7 nitrogen and oxygen atoms in total. The van der Waals surface area contributed by atoms with E-state index < -0.39 is 70.1 Å². The molecule has 10 heteroatoms. The third kappa shape index (κ3) is 3.09. The largest absolute Gasteiger partial charge is 0.505 e. The molecule has 4 aliphatic rings. The van der Waals surface area contributed by atoms with Gasteiger partial charge in [0.1, 0.15) is 5.82 Å². The first-order valence-corrected chi connectivity index (χ1v) is 12.3.